The van der Waals surface area contributed by atoms with E-state index in [1.807, 2.05) is 6.92 Å². The third-order valence-electron chi connectivity index (χ3n) is 2.98. The highest BCUT2D eigenvalue weighted by atomic mass is 79.9. The Morgan fingerprint density at radius 3 is 2.82 bits per heavy atom. The topological polar surface area (TPSA) is 35.2 Å². The van der Waals surface area contributed by atoms with E-state index in [2.05, 4.69) is 15.9 Å². The van der Waals surface area contributed by atoms with Crippen molar-refractivity contribution in [1.29, 1.82) is 0 Å². The first-order chi connectivity index (χ1) is 8.11. The first-order valence-corrected chi connectivity index (χ1v) is 6.76. The SMILES string of the molecule is CC(CCN)c1cc(F)cc(Br)c1OC1CC1. The Bertz CT molecular complexity index is 407. The number of hydrogen-bond donors (Lipinski definition) is 1. The van der Waals surface area contributed by atoms with Crippen molar-refractivity contribution in [2.24, 2.45) is 5.73 Å². The second-order valence-electron chi connectivity index (χ2n) is 4.60. The molecule has 0 aliphatic heterocycles. The summed E-state index contributed by atoms with van der Waals surface area (Å²) in [5.74, 6) is 0.759. The zero-order valence-corrected chi connectivity index (χ0v) is 11.5. The van der Waals surface area contributed by atoms with Crippen LogP contribution in [0.25, 0.3) is 0 Å². The van der Waals surface area contributed by atoms with Gasteiger partial charge in [0.15, 0.2) is 0 Å². The molecule has 1 aromatic rings. The Morgan fingerprint density at radius 2 is 2.24 bits per heavy atom. The van der Waals surface area contributed by atoms with Crippen LogP contribution >= 0.6 is 15.9 Å². The number of nitrogens with two attached hydrogens (primary N) is 1. The van der Waals surface area contributed by atoms with Crippen LogP contribution in [0.5, 0.6) is 5.75 Å². The minimum Gasteiger partial charge on any atom is -0.489 e. The largest absolute Gasteiger partial charge is 0.489 e. The lowest BCUT2D eigenvalue weighted by atomic mass is 9.97. The summed E-state index contributed by atoms with van der Waals surface area (Å²) in [6, 6.07) is 3.01. The Morgan fingerprint density at radius 1 is 1.53 bits per heavy atom. The third-order valence-corrected chi connectivity index (χ3v) is 3.57. The van der Waals surface area contributed by atoms with Crippen molar-refractivity contribution in [3.63, 3.8) is 0 Å². The van der Waals surface area contributed by atoms with E-state index in [4.69, 9.17) is 10.5 Å². The second kappa shape index (κ2) is 5.36. The smallest absolute Gasteiger partial charge is 0.137 e. The lowest BCUT2D eigenvalue weighted by Gasteiger charge is -2.18. The lowest BCUT2D eigenvalue weighted by Crippen LogP contribution is -2.08. The Labute approximate surface area is 109 Å². The van der Waals surface area contributed by atoms with Crippen LogP contribution in [-0.4, -0.2) is 12.6 Å². The summed E-state index contributed by atoms with van der Waals surface area (Å²) in [6.07, 6.45) is 3.32. The van der Waals surface area contributed by atoms with E-state index in [1.165, 1.54) is 6.07 Å². The lowest BCUT2D eigenvalue weighted by molar-refractivity contribution is 0.295. The third kappa shape index (κ3) is 3.19. The minimum atomic E-state index is -0.237. The summed E-state index contributed by atoms with van der Waals surface area (Å²) < 4.78 is 20.0. The van der Waals surface area contributed by atoms with Gasteiger partial charge in [-0.1, -0.05) is 6.92 Å². The molecule has 0 bridgehead atoms. The monoisotopic (exact) mass is 301 g/mol. The number of halogens is 2. The zero-order chi connectivity index (χ0) is 12.4. The Kier molecular flexibility index (Phi) is 4.05. The van der Waals surface area contributed by atoms with Gasteiger partial charge in [-0.15, -0.1) is 0 Å². The van der Waals surface area contributed by atoms with Crippen LogP contribution in [0.2, 0.25) is 0 Å². The van der Waals surface area contributed by atoms with Gasteiger partial charge >= 0.3 is 0 Å². The molecule has 2 N–H and O–H groups in total. The molecule has 94 valence electrons. The van der Waals surface area contributed by atoms with Gasteiger partial charge in [0, 0.05) is 5.56 Å². The van der Waals surface area contributed by atoms with Gasteiger partial charge in [0.1, 0.15) is 11.6 Å². The number of ether oxygens (including phenoxy) is 1. The predicted octanol–water partition coefficient (Wildman–Crippen LogP) is 3.58. The molecule has 17 heavy (non-hydrogen) atoms. The van der Waals surface area contributed by atoms with Gasteiger partial charge in [-0.3, -0.25) is 0 Å². The van der Waals surface area contributed by atoms with Crippen LogP contribution in [0.15, 0.2) is 16.6 Å². The van der Waals surface area contributed by atoms with Crippen LogP contribution in [0.1, 0.15) is 37.7 Å². The van der Waals surface area contributed by atoms with Gasteiger partial charge in [-0.2, -0.15) is 0 Å². The number of hydrogen-bond acceptors (Lipinski definition) is 2. The normalized spacial score (nSPS) is 16.9. The quantitative estimate of drug-likeness (QED) is 0.902. The molecule has 1 aliphatic rings. The summed E-state index contributed by atoms with van der Waals surface area (Å²) >= 11 is 3.38. The molecule has 2 rings (SSSR count). The van der Waals surface area contributed by atoms with Crippen molar-refractivity contribution in [1.82, 2.24) is 0 Å². The summed E-state index contributed by atoms with van der Waals surface area (Å²) in [5.41, 5.74) is 6.47. The molecule has 0 saturated heterocycles. The second-order valence-corrected chi connectivity index (χ2v) is 5.46. The molecular formula is C13H17BrFNO. The van der Waals surface area contributed by atoms with E-state index in [-0.39, 0.29) is 11.7 Å². The molecule has 0 aromatic heterocycles. The average molecular weight is 302 g/mol. The fourth-order valence-electron chi connectivity index (χ4n) is 1.83. The zero-order valence-electron chi connectivity index (χ0n) is 9.88. The fourth-order valence-corrected chi connectivity index (χ4v) is 2.37. The Hall–Kier alpha value is -0.610. The van der Waals surface area contributed by atoms with Crippen molar-refractivity contribution in [2.75, 3.05) is 6.54 Å². The summed E-state index contributed by atoms with van der Waals surface area (Å²) in [5, 5.41) is 0. The molecule has 1 fully saturated rings. The molecular weight excluding hydrogens is 285 g/mol. The van der Waals surface area contributed by atoms with Gasteiger partial charge in [0.05, 0.1) is 10.6 Å². The van der Waals surface area contributed by atoms with Crippen molar-refractivity contribution in [3.05, 3.63) is 28.0 Å². The fraction of sp³-hybridized carbons (Fsp3) is 0.538. The van der Waals surface area contributed by atoms with Gasteiger partial charge in [-0.05, 0) is 59.8 Å². The molecule has 0 radical (unpaired) electrons. The molecule has 4 heteroatoms. The van der Waals surface area contributed by atoms with E-state index in [0.717, 1.165) is 30.6 Å². The maximum atomic E-state index is 13.4. The highest BCUT2D eigenvalue weighted by molar-refractivity contribution is 9.10. The van der Waals surface area contributed by atoms with Crippen LogP contribution in [0, 0.1) is 5.82 Å². The highest BCUT2D eigenvalue weighted by Gasteiger charge is 2.27. The van der Waals surface area contributed by atoms with Gasteiger partial charge in [0.25, 0.3) is 0 Å². The number of rotatable bonds is 5. The van der Waals surface area contributed by atoms with Gasteiger partial charge in [-0.25, -0.2) is 4.39 Å². The van der Waals surface area contributed by atoms with E-state index >= 15 is 0 Å². The van der Waals surface area contributed by atoms with Crippen molar-refractivity contribution in [3.8, 4) is 5.75 Å². The predicted molar refractivity (Wildman–Crippen MR) is 69.8 cm³/mol. The molecule has 1 aliphatic carbocycles. The van der Waals surface area contributed by atoms with Crippen LogP contribution in [-0.2, 0) is 0 Å². The molecule has 1 atom stereocenters. The molecule has 0 spiro atoms. The summed E-state index contributed by atoms with van der Waals surface area (Å²) in [7, 11) is 0. The van der Waals surface area contributed by atoms with Crippen molar-refractivity contribution >= 4 is 15.9 Å². The minimum absolute atomic E-state index is 0.209. The van der Waals surface area contributed by atoms with E-state index in [0.29, 0.717) is 17.1 Å². The van der Waals surface area contributed by atoms with Crippen LogP contribution in [0.4, 0.5) is 4.39 Å². The first kappa shape index (κ1) is 12.8. The van der Waals surface area contributed by atoms with E-state index < -0.39 is 0 Å². The van der Waals surface area contributed by atoms with Gasteiger partial charge in [0.2, 0.25) is 0 Å². The molecule has 0 heterocycles. The standard InChI is InChI=1S/C13H17BrFNO/c1-8(4-5-16)11-6-9(15)7-12(14)13(11)17-10-2-3-10/h6-8,10H,2-5,16H2,1H3. The molecule has 1 saturated carbocycles. The maximum Gasteiger partial charge on any atom is 0.137 e. The van der Waals surface area contributed by atoms with Crippen molar-refractivity contribution < 1.29 is 9.13 Å². The average Bonchev–Trinajstić information content (AvgIpc) is 3.05. The van der Waals surface area contributed by atoms with E-state index in [9.17, 15) is 4.39 Å². The molecule has 0 amide bonds. The van der Waals surface area contributed by atoms with Crippen LogP contribution < -0.4 is 10.5 Å². The maximum absolute atomic E-state index is 13.4. The van der Waals surface area contributed by atoms with Crippen LogP contribution in [0.3, 0.4) is 0 Å². The van der Waals surface area contributed by atoms with E-state index in [1.54, 1.807) is 6.07 Å². The molecule has 1 unspecified atom stereocenters. The first-order valence-electron chi connectivity index (χ1n) is 5.97. The summed E-state index contributed by atoms with van der Waals surface area (Å²) in [4.78, 5) is 0. The molecule has 2 nitrogen and oxygen atoms in total. The summed E-state index contributed by atoms with van der Waals surface area (Å²) in [6.45, 7) is 2.64. The van der Waals surface area contributed by atoms with Gasteiger partial charge < -0.3 is 10.5 Å². The Balaban J connectivity index is 2.31. The number of benzene rings is 1. The molecule has 1 aromatic carbocycles. The highest BCUT2D eigenvalue weighted by Crippen LogP contribution is 2.39. The van der Waals surface area contributed by atoms with Crippen molar-refractivity contribution in [2.45, 2.75) is 38.2 Å².